The first-order valence-corrected chi connectivity index (χ1v) is 6.71. The Morgan fingerprint density at radius 1 is 1.14 bits per heavy atom. The number of hydrogen-bond donors (Lipinski definition) is 2. The summed E-state index contributed by atoms with van der Waals surface area (Å²) in [6.45, 7) is 6.61. The quantitative estimate of drug-likeness (QED) is 0.844. The molecule has 0 heterocycles. The van der Waals surface area contributed by atoms with E-state index in [1.54, 1.807) is 12.1 Å². The molecule has 2 rings (SSSR count). The van der Waals surface area contributed by atoms with Crippen LogP contribution in [0.3, 0.4) is 0 Å². The molecule has 0 saturated carbocycles. The minimum Gasteiger partial charge on any atom is -0.489 e. The molecule has 2 aromatic rings. The van der Waals surface area contributed by atoms with E-state index in [1.807, 2.05) is 0 Å². The summed E-state index contributed by atoms with van der Waals surface area (Å²) in [5.41, 5.74) is 10.7. The van der Waals surface area contributed by atoms with Crippen molar-refractivity contribution < 1.29 is 14.6 Å². The largest absolute Gasteiger partial charge is 0.489 e. The number of ether oxygens (including phenoxy) is 1. The summed E-state index contributed by atoms with van der Waals surface area (Å²) in [5.74, 6) is -0.471. The molecule has 2 aromatic carbocycles. The van der Waals surface area contributed by atoms with Crippen molar-refractivity contribution in [2.75, 3.05) is 5.73 Å². The Kier molecular flexibility index (Phi) is 4.17. The first-order chi connectivity index (χ1) is 9.88. The molecular formula is C17H19NO3. The predicted molar refractivity (Wildman–Crippen MR) is 82.8 cm³/mol. The van der Waals surface area contributed by atoms with E-state index < -0.39 is 5.97 Å². The van der Waals surface area contributed by atoms with Gasteiger partial charge in [-0.1, -0.05) is 17.7 Å². The van der Waals surface area contributed by atoms with Crippen LogP contribution in [-0.4, -0.2) is 11.1 Å². The highest BCUT2D eigenvalue weighted by molar-refractivity contribution is 5.93. The van der Waals surface area contributed by atoms with Crippen molar-refractivity contribution in [2.24, 2.45) is 0 Å². The van der Waals surface area contributed by atoms with Gasteiger partial charge in [0.2, 0.25) is 0 Å². The van der Waals surface area contributed by atoms with E-state index in [-0.39, 0.29) is 11.3 Å². The van der Waals surface area contributed by atoms with Gasteiger partial charge in [-0.05, 0) is 49.6 Å². The van der Waals surface area contributed by atoms with Crippen molar-refractivity contribution >= 4 is 11.7 Å². The molecule has 4 heteroatoms. The van der Waals surface area contributed by atoms with Gasteiger partial charge in [0.1, 0.15) is 12.4 Å². The second-order valence-electron chi connectivity index (χ2n) is 5.22. The van der Waals surface area contributed by atoms with Gasteiger partial charge in [0.15, 0.2) is 0 Å². The number of carboxylic acid groups (broad SMARTS) is 1. The zero-order valence-corrected chi connectivity index (χ0v) is 12.4. The van der Waals surface area contributed by atoms with E-state index in [0.29, 0.717) is 12.4 Å². The average Bonchev–Trinajstić information content (AvgIpc) is 2.36. The van der Waals surface area contributed by atoms with Crippen LogP contribution in [0.1, 0.15) is 32.6 Å². The summed E-state index contributed by atoms with van der Waals surface area (Å²) >= 11 is 0. The van der Waals surface area contributed by atoms with Crippen LogP contribution in [0.25, 0.3) is 0 Å². The molecule has 0 fully saturated rings. The summed E-state index contributed by atoms with van der Waals surface area (Å²) in [5, 5.41) is 8.94. The van der Waals surface area contributed by atoms with Crippen LogP contribution < -0.4 is 10.5 Å². The molecule has 0 spiro atoms. The maximum absolute atomic E-state index is 10.9. The monoisotopic (exact) mass is 285 g/mol. The molecule has 0 aliphatic carbocycles. The van der Waals surface area contributed by atoms with Crippen LogP contribution in [0.5, 0.6) is 5.75 Å². The van der Waals surface area contributed by atoms with E-state index in [4.69, 9.17) is 15.6 Å². The highest BCUT2D eigenvalue weighted by Crippen LogP contribution is 2.23. The fourth-order valence-electron chi connectivity index (χ4n) is 2.42. The standard InChI is InChI=1S/C17H19NO3/c1-10-6-11(2)15(12(3)7-10)9-21-13-4-5-14(17(19)20)16(18)8-13/h4-8H,9,18H2,1-3H3,(H,19,20). The summed E-state index contributed by atoms with van der Waals surface area (Å²) in [6.07, 6.45) is 0. The Hall–Kier alpha value is -2.49. The molecule has 21 heavy (non-hydrogen) atoms. The summed E-state index contributed by atoms with van der Waals surface area (Å²) < 4.78 is 5.74. The van der Waals surface area contributed by atoms with Crippen LogP contribution in [0, 0.1) is 20.8 Å². The zero-order chi connectivity index (χ0) is 15.6. The SMILES string of the molecule is Cc1cc(C)c(COc2ccc(C(=O)O)c(N)c2)c(C)c1. The van der Waals surface area contributed by atoms with Crippen molar-refractivity contribution in [3.8, 4) is 5.75 Å². The molecule has 0 bridgehead atoms. The molecule has 3 N–H and O–H groups in total. The second-order valence-corrected chi connectivity index (χ2v) is 5.22. The normalized spacial score (nSPS) is 10.4. The molecular weight excluding hydrogens is 266 g/mol. The number of carboxylic acids is 1. The van der Waals surface area contributed by atoms with Crippen LogP contribution in [-0.2, 0) is 6.61 Å². The molecule has 0 unspecified atom stereocenters. The number of aromatic carboxylic acids is 1. The van der Waals surface area contributed by atoms with Gasteiger partial charge in [0.25, 0.3) is 0 Å². The average molecular weight is 285 g/mol. The first kappa shape index (κ1) is 14.9. The molecule has 4 nitrogen and oxygen atoms in total. The van der Waals surface area contributed by atoms with Crippen LogP contribution in [0.15, 0.2) is 30.3 Å². The van der Waals surface area contributed by atoms with Crippen molar-refractivity contribution in [1.82, 2.24) is 0 Å². The maximum atomic E-state index is 10.9. The number of carbonyl (C=O) groups is 1. The van der Waals surface area contributed by atoms with Crippen molar-refractivity contribution in [2.45, 2.75) is 27.4 Å². The maximum Gasteiger partial charge on any atom is 0.337 e. The lowest BCUT2D eigenvalue weighted by molar-refractivity contribution is 0.0698. The molecule has 0 aliphatic rings. The molecule has 110 valence electrons. The molecule has 0 atom stereocenters. The minimum atomic E-state index is -1.04. The summed E-state index contributed by atoms with van der Waals surface area (Å²) in [6, 6.07) is 8.87. The summed E-state index contributed by atoms with van der Waals surface area (Å²) in [4.78, 5) is 10.9. The molecule has 0 saturated heterocycles. The number of anilines is 1. The van der Waals surface area contributed by atoms with Crippen molar-refractivity contribution in [3.05, 3.63) is 58.1 Å². The number of rotatable bonds is 4. The summed E-state index contributed by atoms with van der Waals surface area (Å²) in [7, 11) is 0. The van der Waals surface area contributed by atoms with E-state index >= 15 is 0 Å². The molecule has 0 aliphatic heterocycles. The van der Waals surface area contributed by atoms with Gasteiger partial charge in [-0.2, -0.15) is 0 Å². The van der Waals surface area contributed by atoms with E-state index in [0.717, 1.165) is 5.56 Å². The molecule has 0 aromatic heterocycles. The van der Waals surface area contributed by atoms with Crippen LogP contribution in [0.4, 0.5) is 5.69 Å². The number of benzene rings is 2. The lowest BCUT2D eigenvalue weighted by Gasteiger charge is -2.13. The zero-order valence-electron chi connectivity index (χ0n) is 12.4. The van der Waals surface area contributed by atoms with Gasteiger partial charge in [0, 0.05) is 11.8 Å². The lowest BCUT2D eigenvalue weighted by atomic mass is 10.0. The van der Waals surface area contributed by atoms with Crippen molar-refractivity contribution in [1.29, 1.82) is 0 Å². The van der Waals surface area contributed by atoms with Gasteiger partial charge < -0.3 is 15.6 Å². The number of aryl methyl sites for hydroxylation is 3. The van der Waals surface area contributed by atoms with E-state index in [9.17, 15) is 4.79 Å². The minimum absolute atomic E-state index is 0.0880. The van der Waals surface area contributed by atoms with E-state index in [2.05, 4.69) is 32.9 Å². The van der Waals surface area contributed by atoms with E-state index in [1.165, 1.54) is 22.8 Å². The Bertz CT molecular complexity index is 669. The molecule has 0 radical (unpaired) electrons. The smallest absolute Gasteiger partial charge is 0.337 e. The predicted octanol–water partition coefficient (Wildman–Crippen LogP) is 3.47. The van der Waals surface area contributed by atoms with Gasteiger partial charge in [0.05, 0.1) is 5.56 Å². The Labute approximate surface area is 124 Å². The Balaban J connectivity index is 2.17. The fourth-order valence-corrected chi connectivity index (χ4v) is 2.42. The third-order valence-corrected chi connectivity index (χ3v) is 3.48. The number of hydrogen-bond acceptors (Lipinski definition) is 3. The highest BCUT2D eigenvalue weighted by Gasteiger charge is 2.09. The van der Waals surface area contributed by atoms with Gasteiger partial charge in [-0.3, -0.25) is 0 Å². The van der Waals surface area contributed by atoms with Gasteiger partial charge in [-0.25, -0.2) is 4.79 Å². The van der Waals surface area contributed by atoms with Crippen molar-refractivity contribution in [3.63, 3.8) is 0 Å². The number of nitrogen functional groups attached to an aromatic ring is 1. The third-order valence-electron chi connectivity index (χ3n) is 3.48. The van der Waals surface area contributed by atoms with Gasteiger partial charge in [-0.15, -0.1) is 0 Å². The highest BCUT2D eigenvalue weighted by atomic mass is 16.5. The Morgan fingerprint density at radius 3 is 2.29 bits per heavy atom. The Morgan fingerprint density at radius 2 is 1.76 bits per heavy atom. The second kappa shape index (κ2) is 5.87. The third kappa shape index (κ3) is 3.34. The number of nitrogens with two attached hydrogens (primary N) is 1. The van der Waals surface area contributed by atoms with Crippen LogP contribution >= 0.6 is 0 Å². The lowest BCUT2D eigenvalue weighted by Crippen LogP contribution is -2.04. The van der Waals surface area contributed by atoms with Crippen LogP contribution in [0.2, 0.25) is 0 Å². The molecule has 0 amide bonds. The fraction of sp³-hybridized carbons (Fsp3) is 0.235. The topological polar surface area (TPSA) is 72.5 Å². The van der Waals surface area contributed by atoms with Gasteiger partial charge >= 0.3 is 5.97 Å². The first-order valence-electron chi connectivity index (χ1n) is 6.71.